The lowest BCUT2D eigenvalue weighted by Crippen LogP contribution is -2.20. The zero-order valence-electron chi connectivity index (χ0n) is 7.56. The van der Waals surface area contributed by atoms with Crippen LogP contribution in [-0.2, 0) is 16.6 Å². The van der Waals surface area contributed by atoms with E-state index >= 15 is 0 Å². The third-order valence-electron chi connectivity index (χ3n) is 2.30. The van der Waals surface area contributed by atoms with Gasteiger partial charge in [-0.2, -0.15) is 0 Å². The lowest BCUT2D eigenvalue weighted by atomic mass is 10.1. The minimum absolute atomic E-state index is 0.0891. The molecule has 1 unspecified atom stereocenters. The fraction of sp³-hybridized carbons (Fsp3) is 0.556. The molecule has 0 saturated carbocycles. The Morgan fingerprint density at radius 1 is 1.69 bits per heavy atom. The number of aromatic nitrogens is 2. The summed E-state index contributed by atoms with van der Waals surface area (Å²) in [6, 6.07) is 0. The Labute approximate surface area is 76.5 Å². The Bertz CT molecular complexity index is 319. The average molecular weight is 180 g/mol. The molecule has 2 heterocycles. The number of rotatable bonds is 1. The molecule has 0 radical (unpaired) electrons. The topological polar surface area (TPSA) is 44.1 Å². The number of imidazole rings is 1. The number of carbonyl (C=O) groups is 1. The normalized spacial score (nSPS) is 23.5. The van der Waals surface area contributed by atoms with Gasteiger partial charge in [0.15, 0.2) is 0 Å². The lowest BCUT2D eigenvalue weighted by Gasteiger charge is -2.21. The highest BCUT2D eigenvalue weighted by Gasteiger charge is 2.23. The molecule has 1 aliphatic rings. The zero-order chi connectivity index (χ0) is 9.26. The van der Waals surface area contributed by atoms with Crippen molar-refractivity contribution < 1.29 is 9.53 Å². The van der Waals surface area contributed by atoms with Crippen LogP contribution in [-0.4, -0.2) is 21.9 Å². The van der Waals surface area contributed by atoms with Crippen molar-refractivity contribution in [3.05, 3.63) is 18.2 Å². The Morgan fingerprint density at radius 2 is 2.54 bits per heavy atom. The molecule has 1 atom stereocenters. The van der Waals surface area contributed by atoms with Crippen LogP contribution in [0.3, 0.4) is 0 Å². The van der Waals surface area contributed by atoms with E-state index in [0.717, 1.165) is 5.69 Å². The molecule has 2 rings (SSSR count). The lowest BCUT2D eigenvalue weighted by molar-refractivity contribution is -0.128. The van der Waals surface area contributed by atoms with Crippen molar-refractivity contribution in [1.29, 1.82) is 0 Å². The third-order valence-corrected chi connectivity index (χ3v) is 2.30. The van der Waals surface area contributed by atoms with E-state index in [1.165, 1.54) is 0 Å². The SMILES string of the molecule is Cn1cncc1C1CC(=O)CCO1. The van der Waals surface area contributed by atoms with Gasteiger partial charge in [0.2, 0.25) is 0 Å². The summed E-state index contributed by atoms with van der Waals surface area (Å²) in [4.78, 5) is 15.2. The second-order valence-corrected chi connectivity index (χ2v) is 3.28. The van der Waals surface area contributed by atoms with Gasteiger partial charge in [-0.15, -0.1) is 0 Å². The third kappa shape index (κ3) is 1.62. The van der Waals surface area contributed by atoms with Gasteiger partial charge >= 0.3 is 0 Å². The maximum absolute atomic E-state index is 11.2. The summed E-state index contributed by atoms with van der Waals surface area (Å²) in [5.74, 6) is 0.275. The van der Waals surface area contributed by atoms with Crippen molar-refractivity contribution in [3.63, 3.8) is 0 Å². The van der Waals surface area contributed by atoms with Crippen LogP contribution < -0.4 is 0 Å². The number of ether oxygens (including phenoxy) is 1. The van der Waals surface area contributed by atoms with Gasteiger partial charge in [0.1, 0.15) is 11.9 Å². The molecule has 1 aromatic rings. The smallest absolute Gasteiger partial charge is 0.138 e. The minimum atomic E-state index is -0.0891. The van der Waals surface area contributed by atoms with Gasteiger partial charge in [-0.05, 0) is 0 Å². The molecule has 0 N–H and O–H groups in total. The highest BCUT2D eigenvalue weighted by molar-refractivity contribution is 5.79. The number of Topliss-reactive ketones (excluding diaryl/α,β-unsaturated/α-hetero) is 1. The molecule has 0 spiro atoms. The quantitative estimate of drug-likeness (QED) is 0.643. The molecular formula is C9H12N2O2. The highest BCUT2D eigenvalue weighted by Crippen LogP contribution is 2.24. The van der Waals surface area contributed by atoms with Crippen molar-refractivity contribution >= 4 is 5.78 Å². The maximum Gasteiger partial charge on any atom is 0.138 e. The molecule has 0 aliphatic carbocycles. The van der Waals surface area contributed by atoms with Crippen molar-refractivity contribution in [2.45, 2.75) is 18.9 Å². The van der Waals surface area contributed by atoms with Crippen molar-refractivity contribution in [3.8, 4) is 0 Å². The van der Waals surface area contributed by atoms with Crippen LogP contribution in [0.2, 0.25) is 0 Å². The zero-order valence-corrected chi connectivity index (χ0v) is 7.56. The molecule has 0 bridgehead atoms. The predicted octanol–water partition coefficient (Wildman–Crippen LogP) is 0.841. The Morgan fingerprint density at radius 3 is 3.15 bits per heavy atom. The Hall–Kier alpha value is -1.16. The first-order valence-electron chi connectivity index (χ1n) is 4.37. The van der Waals surface area contributed by atoms with Gasteiger partial charge < -0.3 is 9.30 Å². The van der Waals surface area contributed by atoms with E-state index in [1.807, 2.05) is 11.6 Å². The standard InChI is InChI=1S/C9H12N2O2/c1-11-6-10-5-8(11)9-4-7(12)2-3-13-9/h5-6,9H,2-4H2,1H3. The number of ketones is 1. The van der Waals surface area contributed by atoms with Crippen molar-refractivity contribution in [1.82, 2.24) is 9.55 Å². The van der Waals surface area contributed by atoms with Crippen LogP contribution in [0.4, 0.5) is 0 Å². The molecule has 1 saturated heterocycles. The van der Waals surface area contributed by atoms with E-state index in [4.69, 9.17) is 4.74 Å². The van der Waals surface area contributed by atoms with Crippen LogP contribution in [0.1, 0.15) is 24.6 Å². The van der Waals surface area contributed by atoms with Crippen LogP contribution in [0.25, 0.3) is 0 Å². The summed E-state index contributed by atoms with van der Waals surface area (Å²) in [6.45, 7) is 0.536. The van der Waals surface area contributed by atoms with E-state index < -0.39 is 0 Å². The van der Waals surface area contributed by atoms with Gasteiger partial charge in [-0.25, -0.2) is 4.98 Å². The van der Waals surface area contributed by atoms with Gasteiger partial charge in [0, 0.05) is 19.9 Å². The van der Waals surface area contributed by atoms with Gasteiger partial charge in [0.25, 0.3) is 0 Å². The fourth-order valence-corrected chi connectivity index (χ4v) is 1.55. The molecule has 0 aromatic carbocycles. The largest absolute Gasteiger partial charge is 0.371 e. The maximum atomic E-state index is 11.2. The summed E-state index contributed by atoms with van der Waals surface area (Å²) < 4.78 is 7.38. The number of carbonyl (C=O) groups excluding carboxylic acids is 1. The Kier molecular flexibility index (Phi) is 2.14. The summed E-state index contributed by atoms with van der Waals surface area (Å²) in [6.07, 6.45) is 4.42. The molecule has 70 valence electrons. The first kappa shape index (κ1) is 8.44. The van der Waals surface area contributed by atoms with Gasteiger partial charge in [-0.3, -0.25) is 4.79 Å². The van der Waals surface area contributed by atoms with E-state index in [1.54, 1.807) is 12.5 Å². The molecule has 4 nitrogen and oxygen atoms in total. The molecule has 0 amide bonds. The van der Waals surface area contributed by atoms with E-state index in [2.05, 4.69) is 4.98 Å². The van der Waals surface area contributed by atoms with Crippen LogP contribution in [0, 0.1) is 0 Å². The summed E-state index contributed by atoms with van der Waals surface area (Å²) in [5, 5.41) is 0. The van der Waals surface area contributed by atoms with Crippen LogP contribution in [0.15, 0.2) is 12.5 Å². The number of hydrogen-bond donors (Lipinski definition) is 0. The molecule has 1 fully saturated rings. The van der Waals surface area contributed by atoms with Crippen LogP contribution in [0.5, 0.6) is 0 Å². The number of hydrogen-bond acceptors (Lipinski definition) is 3. The Balaban J connectivity index is 2.17. The molecular weight excluding hydrogens is 168 g/mol. The van der Waals surface area contributed by atoms with E-state index in [-0.39, 0.29) is 11.9 Å². The minimum Gasteiger partial charge on any atom is -0.371 e. The summed E-state index contributed by atoms with van der Waals surface area (Å²) >= 11 is 0. The highest BCUT2D eigenvalue weighted by atomic mass is 16.5. The number of nitrogens with zero attached hydrogens (tertiary/aromatic N) is 2. The first-order chi connectivity index (χ1) is 6.27. The molecule has 1 aromatic heterocycles. The van der Waals surface area contributed by atoms with Gasteiger partial charge in [-0.1, -0.05) is 0 Å². The predicted molar refractivity (Wildman–Crippen MR) is 46.1 cm³/mol. The summed E-state index contributed by atoms with van der Waals surface area (Å²) in [5.41, 5.74) is 0.980. The van der Waals surface area contributed by atoms with E-state index in [0.29, 0.717) is 19.4 Å². The molecule has 13 heavy (non-hydrogen) atoms. The van der Waals surface area contributed by atoms with Crippen molar-refractivity contribution in [2.75, 3.05) is 6.61 Å². The fourth-order valence-electron chi connectivity index (χ4n) is 1.55. The second kappa shape index (κ2) is 3.30. The first-order valence-corrected chi connectivity index (χ1v) is 4.37. The monoisotopic (exact) mass is 180 g/mol. The number of aryl methyl sites for hydroxylation is 1. The van der Waals surface area contributed by atoms with Crippen LogP contribution >= 0.6 is 0 Å². The second-order valence-electron chi connectivity index (χ2n) is 3.28. The average Bonchev–Trinajstić information content (AvgIpc) is 2.51. The van der Waals surface area contributed by atoms with E-state index in [9.17, 15) is 4.79 Å². The molecule has 1 aliphatic heterocycles. The summed E-state index contributed by atoms with van der Waals surface area (Å²) in [7, 11) is 1.91. The molecule has 4 heteroatoms. The van der Waals surface area contributed by atoms with Crippen molar-refractivity contribution in [2.24, 2.45) is 7.05 Å². The van der Waals surface area contributed by atoms with Gasteiger partial charge in [0.05, 0.1) is 24.8 Å².